The van der Waals surface area contributed by atoms with Gasteiger partial charge in [-0.15, -0.1) is 0 Å². The van der Waals surface area contributed by atoms with Gasteiger partial charge in [0.1, 0.15) is 0 Å². The maximum atomic E-state index is 12.0. The van der Waals surface area contributed by atoms with E-state index in [1.54, 1.807) is 18.2 Å². The maximum absolute atomic E-state index is 12.0. The van der Waals surface area contributed by atoms with Crippen LogP contribution in [-0.2, 0) is 9.59 Å². The minimum Gasteiger partial charge on any atom is -0.481 e. The van der Waals surface area contributed by atoms with Gasteiger partial charge in [0, 0.05) is 12.3 Å². The first-order valence-corrected chi connectivity index (χ1v) is 9.29. The molecule has 3 atom stereocenters. The molecule has 0 fully saturated rings. The first-order valence-electron chi connectivity index (χ1n) is 9.29. The van der Waals surface area contributed by atoms with Crippen LogP contribution in [0, 0.1) is 11.8 Å². The molecule has 1 aliphatic carbocycles. The van der Waals surface area contributed by atoms with Crippen LogP contribution >= 0.6 is 0 Å². The van der Waals surface area contributed by atoms with E-state index in [1.165, 1.54) is 0 Å². The Morgan fingerprint density at radius 2 is 1.96 bits per heavy atom. The van der Waals surface area contributed by atoms with Crippen molar-refractivity contribution in [1.29, 1.82) is 0 Å². The standard InChI is InChI=1S/C22H30O4/c1-2-3-4-5-6-9-12-19(23)15-16-20-18(14-17-21(20)24)11-8-7-10-13-22(25)26/h3-4,6-9,14-20,23H,2,5,10-13H2,1H3,(H,25,26)/b4-3-,8-7-,9-6-,16-15+/t18-,19+,20+/m0/s1. The van der Waals surface area contributed by atoms with Crippen LogP contribution < -0.4 is 0 Å². The zero-order valence-corrected chi connectivity index (χ0v) is 15.5. The zero-order chi connectivity index (χ0) is 19.2. The third-order valence-corrected chi connectivity index (χ3v) is 4.16. The summed E-state index contributed by atoms with van der Waals surface area (Å²) in [7, 11) is 0. The number of carbonyl (C=O) groups is 2. The van der Waals surface area contributed by atoms with E-state index in [0.29, 0.717) is 19.3 Å². The number of carboxylic acid groups (broad SMARTS) is 1. The van der Waals surface area contributed by atoms with E-state index < -0.39 is 12.1 Å². The molecule has 0 aliphatic heterocycles. The molecular formula is C22H30O4. The van der Waals surface area contributed by atoms with E-state index >= 15 is 0 Å². The number of rotatable bonds is 12. The van der Waals surface area contributed by atoms with Crippen molar-refractivity contribution < 1.29 is 19.8 Å². The van der Waals surface area contributed by atoms with Crippen LogP contribution in [-0.4, -0.2) is 28.1 Å². The number of aliphatic hydroxyl groups excluding tert-OH is 1. The van der Waals surface area contributed by atoms with Gasteiger partial charge < -0.3 is 10.2 Å². The smallest absolute Gasteiger partial charge is 0.303 e. The van der Waals surface area contributed by atoms with Gasteiger partial charge in [0.2, 0.25) is 0 Å². The Hall–Kier alpha value is -2.20. The molecule has 0 saturated carbocycles. The molecule has 142 valence electrons. The lowest BCUT2D eigenvalue weighted by molar-refractivity contribution is -0.136. The molecule has 0 aromatic rings. The summed E-state index contributed by atoms with van der Waals surface area (Å²) in [5.74, 6) is -0.930. The van der Waals surface area contributed by atoms with Gasteiger partial charge in [0.05, 0.1) is 6.10 Å². The van der Waals surface area contributed by atoms with Crippen molar-refractivity contribution in [3.63, 3.8) is 0 Å². The third-order valence-electron chi connectivity index (χ3n) is 4.16. The fourth-order valence-electron chi connectivity index (χ4n) is 2.70. The number of carboxylic acids is 1. The van der Waals surface area contributed by atoms with E-state index in [0.717, 1.165) is 12.8 Å². The highest BCUT2D eigenvalue weighted by molar-refractivity contribution is 5.95. The predicted molar refractivity (Wildman–Crippen MR) is 105 cm³/mol. The Labute approximate surface area is 156 Å². The Morgan fingerprint density at radius 3 is 2.69 bits per heavy atom. The quantitative estimate of drug-likeness (QED) is 0.507. The molecule has 1 rings (SSSR count). The van der Waals surface area contributed by atoms with Crippen LogP contribution in [0.3, 0.4) is 0 Å². The summed E-state index contributed by atoms with van der Waals surface area (Å²) < 4.78 is 0. The fourth-order valence-corrected chi connectivity index (χ4v) is 2.70. The number of ketones is 1. The van der Waals surface area contributed by atoms with Gasteiger partial charge in [-0.05, 0) is 44.1 Å². The number of hydrogen-bond donors (Lipinski definition) is 2. The minimum atomic E-state index is -0.809. The zero-order valence-electron chi connectivity index (χ0n) is 15.5. The van der Waals surface area contributed by atoms with Crippen molar-refractivity contribution in [2.24, 2.45) is 11.8 Å². The van der Waals surface area contributed by atoms with Crippen molar-refractivity contribution in [3.8, 4) is 0 Å². The van der Waals surface area contributed by atoms with E-state index in [1.807, 2.05) is 30.4 Å². The van der Waals surface area contributed by atoms with Crippen molar-refractivity contribution in [2.75, 3.05) is 0 Å². The molecule has 4 heteroatoms. The molecule has 0 radical (unpaired) electrons. The van der Waals surface area contributed by atoms with Gasteiger partial charge in [-0.3, -0.25) is 9.59 Å². The molecule has 26 heavy (non-hydrogen) atoms. The van der Waals surface area contributed by atoms with Crippen LogP contribution in [0.15, 0.2) is 60.8 Å². The Kier molecular flexibility index (Phi) is 11.0. The number of aliphatic carboxylic acids is 1. The second kappa shape index (κ2) is 13.1. The molecule has 0 unspecified atom stereocenters. The van der Waals surface area contributed by atoms with E-state index in [4.69, 9.17) is 5.11 Å². The highest BCUT2D eigenvalue weighted by atomic mass is 16.4. The van der Waals surface area contributed by atoms with E-state index in [2.05, 4.69) is 19.1 Å². The summed E-state index contributed by atoms with van der Waals surface area (Å²) in [6.07, 6.45) is 22.1. The Balaban J connectivity index is 2.41. The first kappa shape index (κ1) is 21.8. The van der Waals surface area contributed by atoms with Crippen LogP contribution in [0.2, 0.25) is 0 Å². The average molecular weight is 358 g/mol. The summed E-state index contributed by atoms with van der Waals surface area (Å²) in [6, 6.07) is 0. The van der Waals surface area contributed by atoms with Gasteiger partial charge in [-0.1, -0.05) is 61.6 Å². The molecule has 0 aromatic carbocycles. The number of carbonyl (C=O) groups excluding carboxylic acids is 1. The third kappa shape index (κ3) is 9.33. The summed E-state index contributed by atoms with van der Waals surface area (Å²) in [6.45, 7) is 2.09. The lowest BCUT2D eigenvalue weighted by Gasteiger charge is -2.13. The van der Waals surface area contributed by atoms with Crippen molar-refractivity contribution >= 4 is 11.8 Å². The Bertz CT molecular complexity index is 581. The molecule has 0 aromatic heterocycles. The summed E-state index contributed by atoms with van der Waals surface area (Å²) >= 11 is 0. The second-order valence-electron chi connectivity index (χ2n) is 6.37. The largest absolute Gasteiger partial charge is 0.481 e. The first-order chi connectivity index (χ1) is 12.5. The summed E-state index contributed by atoms with van der Waals surface area (Å²) in [5, 5.41) is 18.6. The molecule has 0 spiro atoms. The van der Waals surface area contributed by atoms with Crippen molar-refractivity contribution in [1.82, 2.24) is 0 Å². The Morgan fingerprint density at radius 1 is 1.19 bits per heavy atom. The lowest BCUT2D eigenvalue weighted by atomic mass is 9.90. The molecule has 2 N–H and O–H groups in total. The number of aliphatic hydroxyl groups is 1. The molecule has 0 bridgehead atoms. The molecule has 1 aliphatic rings. The lowest BCUT2D eigenvalue weighted by Crippen LogP contribution is -2.14. The fraction of sp³-hybridized carbons (Fsp3) is 0.455. The topological polar surface area (TPSA) is 74.6 Å². The van der Waals surface area contributed by atoms with Gasteiger partial charge in [0.15, 0.2) is 5.78 Å². The van der Waals surface area contributed by atoms with E-state index in [-0.39, 0.29) is 24.0 Å². The summed E-state index contributed by atoms with van der Waals surface area (Å²) in [4.78, 5) is 22.5. The monoisotopic (exact) mass is 358 g/mol. The van der Waals surface area contributed by atoms with Gasteiger partial charge >= 0.3 is 5.97 Å². The van der Waals surface area contributed by atoms with Gasteiger partial charge in [-0.25, -0.2) is 0 Å². The SMILES string of the molecule is CC/C=C\C/C=C\C[C@@H](O)/C=C/[C@H]1C(=O)C=C[C@@H]1C/C=C\CCC(=O)O. The van der Waals surface area contributed by atoms with Crippen LogP contribution in [0.25, 0.3) is 0 Å². The van der Waals surface area contributed by atoms with Crippen molar-refractivity contribution in [3.05, 3.63) is 60.8 Å². The molecule has 0 amide bonds. The molecule has 4 nitrogen and oxygen atoms in total. The molecule has 0 heterocycles. The predicted octanol–water partition coefficient (Wildman–Crippen LogP) is 4.39. The highest BCUT2D eigenvalue weighted by Crippen LogP contribution is 2.27. The normalized spacial score (nSPS) is 21.8. The minimum absolute atomic E-state index is 0.0534. The molecule has 0 saturated heterocycles. The second-order valence-corrected chi connectivity index (χ2v) is 6.37. The van der Waals surface area contributed by atoms with Crippen LogP contribution in [0.5, 0.6) is 0 Å². The highest BCUT2D eigenvalue weighted by Gasteiger charge is 2.26. The van der Waals surface area contributed by atoms with Gasteiger partial charge in [0.25, 0.3) is 0 Å². The van der Waals surface area contributed by atoms with Crippen LogP contribution in [0.1, 0.15) is 45.4 Å². The van der Waals surface area contributed by atoms with Crippen molar-refractivity contribution in [2.45, 2.75) is 51.6 Å². The van der Waals surface area contributed by atoms with Crippen LogP contribution in [0.4, 0.5) is 0 Å². The maximum Gasteiger partial charge on any atom is 0.303 e. The van der Waals surface area contributed by atoms with Gasteiger partial charge in [-0.2, -0.15) is 0 Å². The number of hydrogen-bond acceptors (Lipinski definition) is 3. The number of allylic oxidation sites excluding steroid dienone is 8. The summed E-state index contributed by atoms with van der Waals surface area (Å²) in [5.41, 5.74) is 0. The average Bonchev–Trinajstić information content (AvgIpc) is 2.95. The molecular weight excluding hydrogens is 328 g/mol. The van der Waals surface area contributed by atoms with E-state index in [9.17, 15) is 14.7 Å².